The minimum absolute atomic E-state index is 1.11. The standard InChI is InChI=1S/C21H23N2/c1-3-12-20-18(8-1)10-5-14-22(20)16-7-17-23-15-6-11-19-9-2-4-13-21(19)23/h1-4,7-9,12-13,16-17H,5-6,10-11,14-15H2/q+1. The van der Waals surface area contributed by atoms with Crippen LogP contribution in [0.25, 0.3) is 0 Å². The zero-order valence-corrected chi connectivity index (χ0v) is 13.5. The third kappa shape index (κ3) is 2.94. The van der Waals surface area contributed by atoms with Crippen LogP contribution >= 0.6 is 0 Å². The van der Waals surface area contributed by atoms with Gasteiger partial charge in [0, 0.05) is 42.6 Å². The van der Waals surface area contributed by atoms with Crippen LogP contribution in [0.2, 0.25) is 0 Å². The lowest BCUT2D eigenvalue weighted by atomic mass is 10.0. The summed E-state index contributed by atoms with van der Waals surface area (Å²) in [6.07, 6.45) is 11.5. The summed E-state index contributed by atoms with van der Waals surface area (Å²) in [5.74, 6) is 0. The van der Waals surface area contributed by atoms with E-state index in [1.807, 2.05) is 0 Å². The van der Waals surface area contributed by atoms with E-state index in [-0.39, 0.29) is 0 Å². The fourth-order valence-corrected chi connectivity index (χ4v) is 3.68. The van der Waals surface area contributed by atoms with Crippen molar-refractivity contribution in [3.8, 4) is 0 Å². The molecule has 23 heavy (non-hydrogen) atoms. The number of allylic oxidation sites excluding steroid dienone is 1. The van der Waals surface area contributed by atoms with Crippen LogP contribution in [0.5, 0.6) is 0 Å². The Hall–Kier alpha value is -2.35. The van der Waals surface area contributed by atoms with E-state index in [4.69, 9.17) is 0 Å². The van der Waals surface area contributed by atoms with Crippen LogP contribution in [0, 0.1) is 0 Å². The molecule has 0 aliphatic carbocycles. The zero-order chi connectivity index (χ0) is 15.5. The van der Waals surface area contributed by atoms with E-state index < -0.39 is 0 Å². The molecular formula is C21H23N2+. The summed E-state index contributed by atoms with van der Waals surface area (Å²) in [5, 5.41) is 0. The van der Waals surface area contributed by atoms with Gasteiger partial charge in [0.05, 0.1) is 0 Å². The summed E-state index contributed by atoms with van der Waals surface area (Å²) in [5.41, 5.74) is 5.66. The second-order valence-corrected chi connectivity index (χ2v) is 6.34. The Morgan fingerprint density at radius 3 is 2.61 bits per heavy atom. The normalized spacial score (nSPS) is 19.0. The third-order valence-electron chi connectivity index (χ3n) is 4.82. The van der Waals surface area contributed by atoms with Crippen LogP contribution in [0.4, 0.5) is 11.4 Å². The average molecular weight is 303 g/mol. The van der Waals surface area contributed by atoms with E-state index in [2.05, 4.69) is 76.5 Å². The monoisotopic (exact) mass is 303 g/mol. The van der Waals surface area contributed by atoms with Crippen molar-refractivity contribution in [1.29, 1.82) is 0 Å². The average Bonchev–Trinajstić information content (AvgIpc) is 2.62. The van der Waals surface area contributed by atoms with Gasteiger partial charge in [-0.2, -0.15) is 4.58 Å². The van der Waals surface area contributed by atoms with Crippen LogP contribution in [-0.4, -0.2) is 23.9 Å². The Kier molecular flexibility index (Phi) is 3.97. The molecule has 0 aromatic heterocycles. The molecule has 0 radical (unpaired) electrons. The van der Waals surface area contributed by atoms with E-state index in [1.54, 1.807) is 0 Å². The van der Waals surface area contributed by atoms with Gasteiger partial charge in [0.25, 0.3) is 0 Å². The van der Waals surface area contributed by atoms with Gasteiger partial charge in [-0.05, 0) is 30.9 Å². The first kappa shape index (κ1) is 14.3. The molecule has 2 heteroatoms. The van der Waals surface area contributed by atoms with Crippen molar-refractivity contribution in [3.05, 3.63) is 71.9 Å². The Morgan fingerprint density at radius 2 is 1.65 bits per heavy atom. The second kappa shape index (κ2) is 6.41. The van der Waals surface area contributed by atoms with Crippen LogP contribution < -0.4 is 4.90 Å². The summed E-state index contributed by atoms with van der Waals surface area (Å²) in [6.45, 7) is 2.22. The smallest absolute Gasteiger partial charge is 0.208 e. The van der Waals surface area contributed by atoms with Crippen LogP contribution in [-0.2, 0) is 12.8 Å². The molecule has 0 N–H and O–H groups in total. The molecule has 2 nitrogen and oxygen atoms in total. The number of aryl methyl sites for hydroxylation is 2. The highest BCUT2D eigenvalue weighted by Crippen LogP contribution is 2.27. The molecule has 2 aromatic carbocycles. The highest BCUT2D eigenvalue weighted by molar-refractivity contribution is 5.70. The van der Waals surface area contributed by atoms with Crippen molar-refractivity contribution in [2.24, 2.45) is 0 Å². The second-order valence-electron chi connectivity index (χ2n) is 6.34. The van der Waals surface area contributed by atoms with Crippen molar-refractivity contribution < 1.29 is 4.58 Å². The van der Waals surface area contributed by atoms with Gasteiger partial charge in [0.1, 0.15) is 6.54 Å². The first-order chi connectivity index (χ1) is 11.4. The zero-order valence-electron chi connectivity index (χ0n) is 13.5. The van der Waals surface area contributed by atoms with Crippen molar-refractivity contribution in [2.45, 2.75) is 25.7 Å². The fraction of sp³-hybridized carbons (Fsp3) is 0.286. The molecule has 2 aliphatic heterocycles. The van der Waals surface area contributed by atoms with Gasteiger partial charge < -0.3 is 4.90 Å². The highest BCUT2D eigenvalue weighted by Gasteiger charge is 2.19. The third-order valence-corrected chi connectivity index (χ3v) is 4.82. The van der Waals surface area contributed by atoms with Crippen LogP contribution in [0.1, 0.15) is 24.0 Å². The predicted molar refractivity (Wildman–Crippen MR) is 96.9 cm³/mol. The summed E-state index contributed by atoms with van der Waals surface area (Å²) in [6, 6.07) is 17.5. The molecule has 0 atom stereocenters. The first-order valence-corrected chi connectivity index (χ1v) is 8.62. The largest absolute Gasteiger partial charge is 0.348 e. The van der Waals surface area contributed by atoms with Crippen molar-refractivity contribution in [2.75, 3.05) is 18.0 Å². The predicted octanol–water partition coefficient (Wildman–Crippen LogP) is 4.31. The number of anilines is 1. The van der Waals surface area contributed by atoms with Gasteiger partial charge in [-0.15, -0.1) is 0 Å². The summed E-state index contributed by atoms with van der Waals surface area (Å²) in [7, 11) is 0. The lowest BCUT2D eigenvalue weighted by molar-refractivity contribution is -0.440. The first-order valence-electron chi connectivity index (χ1n) is 8.62. The van der Waals surface area contributed by atoms with Crippen LogP contribution in [0.15, 0.2) is 60.8 Å². The summed E-state index contributed by atoms with van der Waals surface area (Å²) >= 11 is 0. The quantitative estimate of drug-likeness (QED) is 0.749. The molecule has 0 saturated heterocycles. The number of nitrogens with zero attached hydrogens (tertiary/aromatic N) is 2. The molecule has 0 spiro atoms. The van der Waals surface area contributed by atoms with Crippen LogP contribution in [0.3, 0.4) is 0 Å². The lowest BCUT2D eigenvalue weighted by Crippen LogP contribution is -2.24. The number of hydrogen-bond acceptors (Lipinski definition) is 1. The molecule has 0 amide bonds. The van der Waals surface area contributed by atoms with Gasteiger partial charge in [-0.1, -0.05) is 36.4 Å². The minimum atomic E-state index is 1.11. The SMILES string of the molecule is C(/C=C/N1CCCc2ccccc21)=[N+]1CCCc2ccccc21. The van der Waals surface area contributed by atoms with E-state index in [0.717, 1.165) is 13.1 Å². The van der Waals surface area contributed by atoms with Gasteiger partial charge in [0.2, 0.25) is 5.69 Å². The topological polar surface area (TPSA) is 6.25 Å². The molecule has 4 rings (SSSR count). The highest BCUT2D eigenvalue weighted by atomic mass is 15.1. The Bertz CT molecular complexity index is 758. The van der Waals surface area contributed by atoms with E-state index >= 15 is 0 Å². The molecule has 2 aromatic rings. The Labute approximate surface area is 138 Å². The van der Waals surface area contributed by atoms with Crippen molar-refractivity contribution in [3.63, 3.8) is 0 Å². The number of rotatable bonds is 2. The minimum Gasteiger partial charge on any atom is -0.348 e. The Morgan fingerprint density at radius 1 is 0.870 bits per heavy atom. The molecule has 116 valence electrons. The van der Waals surface area contributed by atoms with Crippen molar-refractivity contribution >= 4 is 17.6 Å². The summed E-state index contributed by atoms with van der Waals surface area (Å²) < 4.78 is 2.38. The molecule has 0 unspecified atom stereocenters. The molecule has 2 heterocycles. The van der Waals surface area contributed by atoms with E-state index in [0.29, 0.717) is 0 Å². The Balaban J connectivity index is 1.57. The maximum atomic E-state index is 2.38. The number of fused-ring (bicyclic) bond motifs is 2. The molecule has 0 saturated carbocycles. The summed E-state index contributed by atoms with van der Waals surface area (Å²) in [4.78, 5) is 2.38. The fourth-order valence-electron chi connectivity index (χ4n) is 3.68. The number of benzene rings is 2. The molecule has 2 aliphatic rings. The maximum absolute atomic E-state index is 2.38. The van der Waals surface area contributed by atoms with Gasteiger partial charge in [0.15, 0.2) is 6.21 Å². The molecule has 0 fully saturated rings. The number of para-hydroxylation sites is 2. The van der Waals surface area contributed by atoms with Gasteiger partial charge in [-0.3, -0.25) is 0 Å². The van der Waals surface area contributed by atoms with Crippen molar-refractivity contribution in [1.82, 2.24) is 0 Å². The van der Waals surface area contributed by atoms with E-state index in [9.17, 15) is 0 Å². The van der Waals surface area contributed by atoms with Gasteiger partial charge >= 0.3 is 0 Å². The number of hydrogen-bond donors (Lipinski definition) is 0. The van der Waals surface area contributed by atoms with E-state index in [1.165, 1.54) is 48.2 Å². The lowest BCUT2D eigenvalue weighted by Gasteiger charge is -2.27. The molecule has 0 bridgehead atoms. The molecular weight excluding hydrogens is 280 g/mol. The van der Waals surface area contributed by atoms with Gasteiger partial charge in [-0.25, -0.2) is 0 Å². The maximum Gasteiger partial charge on any atom is 0.208 e.